The Labute approximate surface area is 97.5 Å². The Kier molecular flexibility index (Phi) is 3.11. The van der Waals surface area contributed by atoms with Crippen LogP contribution >= 0.6 is 15.9 Å². The molecule has 1 aromatic carbocycles. The topological polar surface area (TPSA) is 25.8 Å². The summed E-state index contributed by atoms with van der Waals surface area (Å²) in [5.41, 5.74) is 3.76. The fraction of sp³-hybridized carbons (Fsp3) is 0.167. The molecule has 1 heterocycles. The van der Waals surface area contributed by atoms with Crippen molar-refractivity contribution in [1.82, 2.24) is 9.97 Å². The predicted octanol–water partition coefficient (Wildman–Crippen LogP) is 3.14. The number of aryl methyl sites for hydroxylation is 1. The zero-order chi connectivity index (χ0) is 10.7. The van der Waals surface area contributed by atoms with Crippen molar-refractivity contribution in [3.05, 3.63) is 58.1 Å². The Morgan fingerprint density at radius 1 is 1.13 bits per heavy atom. The second kappa shape index (κ2) is 4.53. The standard InChI is InChI=1S/C12H11BrN2/c1-9-4-2-3-5-11(9)6-10-7-14-12(13)15-8-10/h2-5,7-8H,6H2,1H3. The van der Waals surface area contributed by atoms with E-state index in [0.29, 0.717) is 4.73 Å². The van der Waals surface area contributed by atoms with Crippen molar-refractivity contribution < 1.29 is 0 Å². The highest BCUT2D eigenvalue weighted by atomic mass is 79.9. The van der Waals surface area contributed by atoms with Gasteiger partial charge in [-0.05, 0) is 39.5 Å². The van der Waals surface area contributed by atoms with Crippen molar-refractivity contribution in [3.63, 3.8) is 0 Å². The molecule has 76 valence electrons. The molecule has 3 heteroatoms. The summed E-state index contributed by atoms with van der Waals surface area (Å²) in [5.74, 6) is 0. The molecule has 0 N–H and O–H groups in total. The molecule has 0 fully saturated rings. The largest absolute Gasteiger partial charge is 0.230 e. The smallest absolute Gasteiger partial charge is 0.196 e. The van der Waals surface area contributed by atoms with Crippen LogP contribution in [0.25, 0.3) is 0 Å². The minimum Gasteiger partial charge on any atom is -0.230 e. The third-order valence-corrected chi connectivity index (χ3v) is 2.74. The Morgan fingerprint density at radius 2 is 1.80 bits per heavy atom. The van der Waals surface area contributed by atoms with Gasteiger partial charge in [0, 0.05) is 18.8 Å². The van der Waals surface area contributed by atoms with Gasteiger partial charge in [0.15, 0.2) is 4.73 Å². The summed E-state index contributed by atoms with van der Waals surface area (Å²) in [6.07, 6.45) is 4.59. The Balaban J connectivity index is 2.22. The average Bonchev–Trinajstić information content (AvgIpc) is 2.25. The molecule has 0 aliphatic heterocycles. The molecule has 2 nitrogen and oxygen atoms in total. The Bertz CT molecular complexity index is 451. The summed E-state index contributed by atoms with van der Waals surface area (Å²) in [6.45, 7) is 2.12. The van der Waals surface area contributed by atoms with E-state index >= 15 is 0 Å². The van der Waals surface area contributed by atoms with Crippen molar-refractivity contribution in [1.29, 1.82) is 0 Å². The van der Waals surface area contributed by atoms with Crippen LogP contribution in [0.1, 0.15) is 16.7 Å². The first-order chi connectivity index (χ1) is 7.25. The second-order valence-electron chi connectivity index (χ2n) is 3.46. The first-order valence-corrected chi connectivity index (χ1v) is 5.56. The van der Waals surface area contributed by atoms with Gasteiger partial charge in [-0.3, -0.25) is 0 Å². The van der Waals surface area contributed by atoms with Gasteiger partial charge in [0.2, 0.25) is 0 Å². The molecule has 2 rings (SSSR count). The Hall–Kier alpha value is -1.22. The second-order valence-corrected chi connectivity index (χ2v) is 4.17. The van der Waals surface area contributed by atoms with E-state index < -0.39 is 0 Å². The number of hydrogen-bond donors (Lipinski definition) is 0. The number of rotatable bonds is 2. The van der Waals surface area contributed by atoms with Crippen LogP contribution in [-0.2, 0) is 6.42 Å². The van der Waals surface area contributed by atoms with Crippen LogP contribution in [0.15, 0.2) is 41.4 Å². The van der Waals surface area contributed by atoms with E-state index in [1.54, 1.807) is 0 Å². The third-order valence-electron chi connectivity index (χ3n) is 2.33. The molecule has 0 atom stereocenters. The molecule has 0 spiro atoms. The van der Waals surface area contributed by atoms with E-state index in [0.717, 1.165) is 12.0 Å². The number of benzene rings is 1. The lowest BCUT2D eigenvalue weighted by Gasteiger charge is -2.04. The van der Waals surface area contributed by atoms with Crippen LogP contribution in [0.2, 0.25) is 0 Å². The van der Waals surface area contributed by atoms with Crippen LogP contribution in [0.3, 0.4) is 0 Å². The molecule has 0 amide bonds. The maximum Gasteiger partial charge on any atom is 0.196 e. The fourth-order valence-electron chi connectivity index (χ4n) is 1.46. The maximum atomic E-state index is 4.11. The highest BCUT2D eigenvalue weighted by Crippen LogP contribution is 2.12. The zero-order valence-electron chi connectivity index (χ0n) is 8.44. The average molecular weight is 263 g/mol. The summed E-state index contributed by atoms with van der Waals surface area (Å²) in [5, 5.41) is 0. The number of halogens is 1. The van der Waals surface area contributed by atoms with Gasteiger partial charge >= 0.3 is 0 Å². The number of aromatic nitrogens is 2. The summed E-state index contributed by atoms with van der Waals surface area (Å²) >= 11 is 3.22. The Morgan fingerprint density at radius 3 is 2.47 bits per heavy atom. The molecular weight excluding hydrogens is 252 g/mol. The van der Waals surface area contributed by atoms with Crippen LogP contribution in [0.5, 0.6) is 0 Å². The third kappa shape index (κ3) is 2.63. The maximum absolute atomic E-state index is 4.11. The highest BCUT2D eigenvalue weighted by molar-refractivity contribution is 9.10. The molecule has 0 aliphatic carbocycles. The lowest BCUT2D eigenvalue weighted by Crippen LogP contribution is -1.93. The number of hydrogen-bond acceptors (Lipinski definition) is 2. The molecule has 0 aliphatic rings. The quantitative estimate of drug-likeness (QED) is 0.778. The molecule has 0 bridgehead atoms. The number of nitrogens with zero attached hydrogens (tertiary/aromatic N) is 2. The molecule has 1 aromatic heterocycles. The van der Waals surface area contributed by atoms with Crippen LogP contribution in [-0.4, -0.2) is 9.97 Å². The molecule has 0 radical (unpaired) electrons. The predicted molar refractivity (Wildman–Crippen MR) is 63.7 cm³/mol. The van der Waals surface area contributed by atoms with Crippen molar-refractivity contribution in [2.24, 2.45) is 0 Å². The SMILES string of the molecule is Cc1ccccc1Cc1cnc(Br)nc1. The summed E-state index contributed by atoms with van der Waals surface area (Å²) in [6, 6.07) is 8.37. The van der Waals surface area contributed by atoms with Gasteiger partial charge in [0.05, 0.1) is 0 Å². The van der Waals surface area contributed by atoms with E-state index in [1.165, 1.54) is 11.1 Å². The van der Waals surface area contributed by atoms with Crippen LogP contribution in [0.4, 0.5) is 0 Å². The van der Waals surface area contributed by atoms with Crippen molar-refractivity contribution >= 4 is 15.9 Å². The van der Waals surface area contributed by atoms with Crippen molar-refractivity contribution in [2.45, 2.75) is 13.3 Å². The molecule has 0 saturated carbocycles. The minimum absolute atomic E-state index is 0.635. The normalized spacial score (nSPS) is 10.3. The van der Waals surface area contributed by atoms with Gasteiger partial charge in [0.25, 0.3) is 0 Å². The summed E-state index contributed by atoms with van der Waals surface area (Å²) < 4.78 is 0.635. The van der Waals surface area contributed by atoms with Crippen molar-refractivity contribution in [2.75, 3.05) is 0 Å². The first-order valence-electron chi connectivity index (χ1n) is 4.76. The van der Waals surface area contributed by atoms with Gasteiger partial charge in [0.1, 0.15) is 0 Å². The molecule has 0 unspecified atom stereocenters. The van der Waals surface area contributed by atoms with Crippen LogP contribution < -0.4 is 0 Å². The molecular formula is C12H11BrN2. The lowest BCUT2D eigenvalue weighted by molar-refractivity contribution is 1.03. The molecule has 15 heavy (non-hydrogen) atoms. The van der Waals surface area contributed by atoms with E-state index in [2.05, 4.69) is 57.1 Å². The fourth-order valence-corrected chi connectivity index (χ4v) is 1.66. The monoisotopic (exact) mass is 262 g/mol. The van der Waals surface area contributed by atoms with E-state index in [1.807, 2.05) is 12.4 Å². The van der Waals surface area contributed by atoms with E-state index in [-0.39, 0.29) is 0 Å². The van der Waals surface area contributed by atoms with Crippen molar-refractivity contribution in [3.8, 4) is 0 Å². The highest BCUT2D eigenvalue weighted by Gasteiger charge is 2.00. The van der Waals surface area contributed by atoms with E-state index in [9.17, 15) is 0 Å². The lowest BCUT2D eigenvalue weighted by atomic mass is 10.0. The van der Waals surface area contributed by atoms with Gasteiger partial charge in [-0.2, -0.15) is 0 Å². The van der Waals surface area contributed by atoms with Crippen LogP contribution in [0, 0.1) is 6.92 Å². The van der Waals surface area contributed by atoms with Gasteiger partial charge in [-0.1, -0.05) is 24.3 Å². The minimum atomic E-state index is 0.635. The van der Waals surface area contributed by atoms with Gasteiger partial charge in [-0.15, -0.1) is 0 Å². The summed E-state index contributed by atoms with van der Waals surface area (Å²) in [7, 11) is 0. The molecule has 2 aromatic rings. The van der Waals surface area contributed by atoms with Gasteiger partial charge < -0.3 is 0 Å². The molecule has 0 saturated heterocycles. The zero-order valence-corrected chi connectivity index (χ0v) is 10.0. The van der Waals surface area contributed by atoms with E-state index in [4.69, 9.17) is 0 Å². The summed E-state index contributed by atoms with van der Waals surface area (Å²) in [4.78, 5) is 8.22. The van der Waals surface area contributed by atoms with Gasteiger partial charge in [-0.25, -0.2) is 9.97 Å². The first kappa shape index (κ1) is 10.3.